The van der Waals surface area contributed by atoms with E-state index in [0.29, 0.717) is 0 Å². The molecular formula is C43H41N3. The van der Waals surface area contributed by atoms with Gasteiger partial charge in [0.05, 0.1) is 5.69 Å². The Morgan fingerprint density at radius 1 is 0.543 bits per heavy atom. The molecule has 0 saturated carbocycles. The van der Waals surface area contributed by atoms with Crippen molar-refractivity contribution in [3.05, 3.63) is 108 Å². The van der Waals surface area contributed by atoms with E-state index in [1.807, 2.05) is 6.20 Å². The number of rotatable bonds is 4. The third-order valence-corrected chi connectivity index (χ3v) is 10.7. The smallest absolute Gasteiger partial charge is 0.0792 e. The number of pyridine rings is 1. The first kappa shape index (κ1) is 27.7. The molecule has 3 heteroatoms. The minimum atomic E-state index is 1.08. The second-order valence-corrected chi connectivity index (χ2v) is 13.5. The van der Waals surface area contributed by atoms with Gasteiger partial charge in [-0.25, -0.2) is 0 Å². The lowest BCUT2D eigenvalue weighted by molar-refractivity contribution is 0.578. The van der Waals surface area contributed by atoms with Crippen LogP contribution in [0.4, 0.5) is 11.4 Å². The van der Waals surface area contributed by atoms with Crippen LogP contribution in [0.15, 0.2) is 97.2 Å². The molecule has 3 nitrogen and oxygen atoms in total. The Balaban J connectivity index is 1.39. The van der Waals surface area contributed by atoms with E-state index in [9.17, 15) is 0 Å². The molecule has 1 aromatic heterocycles. The molecule has 0 N–H and O–H groups in total. The predicted octanol–water partition coefficient (Wildman–Crippen LogP) is 10.8. The van der Waals surface area contributed by atoms with E-state index >= 15 is 0 Å². The van der Waals surface area contributed by atoms with Gasteiger partial charge in [0.1, 0.15) is 0 Å². The lowest BCUT2D eigenvalue weighted by Gasteiger charge is -2.30. The van der Waals surface area contributed by atoms with Crippen LogP contribution in [0.3, 0.4) is 0 Å². The summed E-state index contributed by atoms with van der Waals surface area (Å²) in [6.45, 7) is 4.53. The molecule has 9 rings (SSSR count). The minimum absolute atomic E-state index is 1.08. The van der Waals surface area contributed by atoms with Crippen molar-refractivity contribution in [3.8, 4) is 22.4 Å². The van der Waals surface area contributed by atoms with Gasteiger partial charge in [0.15, 0.2) is 0 Å². The third kappa shape index (κ3) is 4.76. The highest BCUT2D eigenvalue weighted by molar-refractivity contribution is 6.24. The van der Waals surface area contributed by atoms with Gasteiger partial charge >= 0.3 is 0 Å². The van der Waals surface area contributed by atoms with Gasteiger partial charge in [0.25, 0.3) is 0 Å². The number of aromatic nitrogens is 1. The molecule has 0 spiro atoms. The summed E-state index contributed by atoms with van der Waals surface area (Å²) in [5, 5.41) is 7.69. The number of benzene rings is 5. The van der Waals surface area contributed by atoms with E-state index in [2.05, 4.69) is 107 Å². The van der Waals surface area contributed by atoms with Crippen molar-refractivity contribution in [2.75, 3.05) is 36.0 Å². The van der Waals surface area contributed by atoms with E-state index in [0.717, 1.165) is 44.7 Å². The van der Waals surface area contributed by atoms with Crippen molar-refractivity contribution in [3.63, 3.8) is 0 Å². The average Bonchev–Trinajstić information content (AvgIpc) is 3.14. The summed E-state index contributed by atoms with van der Waals surface area (Å²) in [7, 11) is 0. The van der Waals surface area contributed by atoms with Crippen molar-refractivity contribution in [2.24, 2.45) is 0 Å². The van der Waals surface area contributed by atoms with E-state index in [4.69, 9.17) is 4.98 Å². The summed E-state index contributed by atoms with van der Waals surface area (Å²) in [4.78, 5) is 10.4. The van der Waals surface area contributed by atoms with Crippen LogP contribution in [0, 0.1) is 0 Å². The number of hydrogen-bond donors (Lipinski definition) is 0. The SMILES string of the molecule is C1=Cc2ccc(-c3c4cc(N5CCCCC5)ccc4c(-c4nccc5ccccc45)c4cc(N5CCCCC5)ccc34)cc2CC1. The lowest BCUT2D eigenvalue weighted by Crippen LogP contribution is -2.29. The van der Waals surface area contributed by atoms with Crippen LogP contribution in [-0.4, -0.2) is 31.2 Å². The van der Waals surface area contributed by atoms with Crippen LogP contribution in [-0.2, 0) is 6.42 Å². The van der Waals surface area contributed by atoms with Crippen molar-refractivity contribution < 1.29 is 0 Å². The summed E-state index contributed by atoms with van der Waals surface area (Å²) >= 11 is 0. The molecule has 0 atom stereocenters. The highest BCUT2D eigenvalue weighted by Gasteiger charge is 2.23. The van der Waals surface area contributed by atoms with Gasteiger partial charge in [-0.3, -0.25) is 4.98 Å². The Labute approximate surface area is 272 Å². The largest absolute Gasteiger partial charge is 0.372 e. The molecule has 1 aliphatic carbocycles. The third-order valence-electron chi connectivity index (χ3n) is 10.7. The maximum Gasteiger partial charge on any atom is 0.0792 e. The molecule has 5 aromatic carbocycles. The normalized spacial score (nSPS) is 16.8. The van der Waals surface area contributed by atoms with Gasteiger partial charge in [0, 0.05) is 54.7 Å². The second-order valence-electron chi connectivity index (χ2n) is 13.5. The fourth-order valence-corrected chi connectivity index (χ4v) is 8.38. The molecule has 2 fully saturated rings. The molecule has 3 heterocycles. The highest BCUT2D eigenvalue weighted by atomic mass is 15.1. The van der Waals surface area contributed by atoms with E-state index in [-0.39, 0.29) is 0 Å². The van der Waals surface area contributed by atoms with Gasteiger partial charge < -0.3 is 9.80 Å². The van der Waals surface area contributed by atoms with Crippen LogP contribution < -0.4 is 9.80 Å². The van der Waals surface area contributed by atoms with Gasteiger partial charge in [-0.15, -0.1) is 0 Å². The van der Waals surface area contributed by atoms with Crippen LogP contribution in [0.25, 0.3) is 60.8 Å². The predicted molar refractivity (Wildman–Crippen MR) is 197 cm³/mol. The summed E-state index contributed by atoms with van der Waals surface area (Å²) in [5.41, 5.74) is 10.5. The van der Waals surface area contributed by atoms with Crippen LogP contribution in [0.2, 0.25) is 0 Å². The zero-order valence-electron chi connectivity index (χ0n) is 26.6. The summed E-state index contributed by atoms with van der Waals surface area (Å²) in [6.07, 6.45) is 16.6. The molecule has 0 radical (unpaired) electrons. The van der Waals surface area contributed by atoms with Crippen LogP contribution >= 0.6 is 0 Å². The maximum absolute atomic E-state index is 5.16. The molecule has 2 aliphatic heterocycles. The Bertz CT molecular complexity index is 2120. The van der Waals surface area contributed by atoms with Gasteiger partial charge in [-0.05, 0) is 131 Å². The zero-order valence-corrected chi connectivity index (χ0v) is 26.6. The number of piperidine rings is 2. The van der Waals surface area contributed by atoms with Crippen molar-refractivity contribution in [1.29, 1.82) is 0 Å². The van der Waals surface area contributed by atoms with E-state index in [1.54, 1.807) is 0 Å². The molecule has 6 aromatic rings. The van der Waals surface area contributed by atoms with Crippen LogP contribution in [0.5, 0.6) is 0 Å². The van der Waals surface area contributed by atoms with Crippen molar-refractivity contribution in [2.45, 2.75) is 51.4 Å². The summed E-state index contributed by atoms with van der Waals surface area (Å²) in [5.74, 6) is 0. The maximum atomic E-state index is 5.16. The quantitative estimate of drug-likeness (QED) is 0.188. The molecule has 3 aliphatic rings. The Kier molecular flexibility index (Phi) is 6.99. The van der Waals surface area contributed by atoms with Gasteiger partial charge in [-0.1, -0.05) is 66.7 Å². The standard InChI is InChI=1S/C43H41N3/c1-7-23-45(24-8-1)34-18-20-38-39(28-34)41(33-16-15-30-11-3-4-13-32(30)27-33)37-19-17-35(46-25-9-2-10-26-46)29-40(37)42(38)43-36-14-6-5-12-31(36)21-22-44-43/h3,5-6,11-12,14-22,27-29H,1-2,4,7-10,13,23-26H2. The fourth-order valence-electron chi connectivity index (χ4n) is 8.38. The van der Waals surface area contributed by atoms with Crippen LogP contribution in [0.1, 0.15) is 56.1 Å². The Morgan fingerprint density at radius 2 is 1.22 bits per heavy atom. The molecule has 228 valence electrons. The lowest BCUT2D eigenvalue weighted by atomic mass is 9.84. The first-order valence-corrected chi connectivity index (χ1v) is 17.5. The Hall–Kier alpha value is -4.63. The monoisotopic (exact) mass is 599 g/mol. The number of aryl methyl sites for hydroxylation is 1. The topological polar surface area (TPSA) is 19.4 Å². The second kappa shape index (κ2) is 11.6. The number of anilines is 2. The van der Waals surface area contributed by atoms with E-state index in [1.165, 1.54) is 110 Å². The van der Waals surface area contributed by atoms with Crippen molar-refractivity contribution >= 4 is 49.8 Å². The first-order valence-electron chi connectivity index (χ1n) is 17.5. The summed E-state index contributed by atoms with van der Waals surface area (Å²) in [6, 6.07) is 32.7. The van der Waals surface area contributed by atoms with Gasteiger partial charge in [-0.2, -0.15) is 0 Å². The molecular weight excluding hydrogens is 558 g/mol. The molecule has 46 heavy (non-hydrogen) atoms. The van der Waals surface area contributed by atoms with Gasteiger partial charge in [0.2, 0.25) is 0 Å². The number of hydrogen-bond acceptors (Lipinski definition) is 3. The minimum Gasteiger partial charge on any atom is -0.372 e. The fraction of sp³-hybridized carbons (Fsp3) is 0.279. The van der Waals surface area contributed by atoms with E-state index < -0.39 is 0 Å². The molecule has 2 saturated heterocycles. The highest BCUT2D eigenvalue weighted by Crippen LogP contribution is 2.47. The van der Waals surface area contributed by atoms with Crippen molar-refractivity contribution in [1.82, 2.24) is 4.98 Å². The Morgan fingerprint density at radius 3 is 1.96 bits per heavy atom. The summed E-state index contributed by atoms with van der Waals surface area (Å²) < 4.78 is 0. The average molecular weight is 600 g/mol. The molecule has 0 unspecified atom stereocenters. The molecule has 0 bridgehead atoms. The zero-order chi connectivity index (χ0) is 30.5. The number of fused-ring (bicyclic) bond motifs is 4. The first-order chi connectivity index (χ1) is 22.8. The number of nitrogens with zero attached hydrogens (tertiary/aromatic N) is 3. The number of allylic oxidation sites excluding steroid dienone is 1. The molecule has 0 amide bonds.